The number of aliphatic carboxylic acids is 1. The molecule has 1 fully saturated rings. The topological polar surface area (TPSA) is 96.5 Å². The summed E-state index contributed by atoms with van der Waals surface area (Å²) in [5, 5.41) is 16.7. The van der Waals surface area contributed by atoms with Gasteiger partial charge in [-0.05, 0) is 17.9 Å². The average Bonchev–Trinajstić information content (AvgIpc) is 3.23. The van der Waals surface area contributed by atoms with Crippen LogP contribution in [0.15, 0.2) is 21.3 Å². The van der Waals surface area contributed by atoms with E-state index in [2.05, 4.69) is 10.1 Å². The van der Waals surface area contributed by atoms with Crippen molar-refractivity contribution in [2.24, 2.45) is 5.92 Å². The van der Waals surface area contributed by atoms with Crippen molar-refractivity contribution in [1.29, 1.82) is 0 Å². The molecule has 1 unspecified atom stereocenters. The first kappa shape index (κ1) is 14.7. The van der Waals surface area contributed by atoms with Crippen LogP contribution in [0.5, 0.6) is 0 Å². The molecule has 1 saturated heterocycles. The zero-order chi connectivity index (χ0) is 15.5. The van der Waals surface area contributed by atoms with Crippen LogP contribution < -0.4 is 0 Å². The maximum atomic E-state index is 12.1. The van der Waals surface area contributed by atoms with Crippen molar-refractivity contribution in [1.82, 2.24) is 15.0 Å². The molecule has 1 N–H and O–H groups in total. The predicted molar refractivity (Wildman–Crippen MR) is 78.3 cm³/mol. The van der Waals surface area contributed by atoms with Gasteiger partial charge in [0.25, 0.3) is 0 Å². The molecule has 7 nitrogen and oxygen atoms in total. The number of aryl methyl sites for hydroxylation is 1. The van der Waals surface area contributed by atoms with Gasteiger partial charge in [0.15, 0.2) is 0 Å². The standard InChI is InChI=1S/C14H15N3O4S/c18-12(17-5-3-9(7-17)14(19)20)2-1-11-15-13(16-21-11)10-4-6-22-8-10/h4,6,8-9H,1-3,5,7H2,(H,19,20). The van der Waals surface area contributed by atoms with Crippen LogP contribution in [0.25, 0.3) is 11.4 Å². The van der Waals surface area contributed by atoms with Crippen LogP contribution >= 0.6 is 11.3 Å². The predicted octanol–water partition coefficient (Wildman–Crippen LogP) is 1.66. The summed E-state index contributed by atoms with van der Waals surface area (Å²) >= 11 is 1.55. The summed E-state index contributed by atoms with van der Waals surface area (Å²) < 4.78 is 5.14. The Labute approximate surface area is 130 Å². The lowest BCUT2D eigenvalue weighted by Gasteiger charge is -2.14. The van der Waals surface area contributed by atoms with E-state index in [4.69, 9.17) is 9.63 Å². The molecular formula is C14H15N3O4S. The quantitative estimate of drug-likeness (QED) is 0.899. The molecule has 3 rings (SSSR count). The molecule has 2 aromatic rings. The number of rotatable bonds is 5. The van der Waals surface area contributed by atoms with Gasteiger partial charge >= 0.3 is 5.97 Å². The minimum atomic E-state index is -0.840. The molecule has 1 aliphatic heterocycles. The van der Waals surface area contributed by atoms with Crippen LogP contribution in [-0.2, 0) is 16.0 Å². The van der Waals surface area contributed by atoms with Crippen molar-refractivity contribution in [3.8, 4) is 11.4 Å². The third-order valence-corrected chi connectivity index (χ3v) is 4.37. The van der Waals surface area contributed by atoms with Crippen molar-refractivity contribution in [2.45, 2.75) is 19.3 Å². The van der Waals surface area contributed by atoms with E-state index < -0.39 is 11.9 Å². The van der Waals surface area contributed by atoms with Gasteiger partial charge in [-0.1, -0.05) is 5.16 Å². The Morgan fingerprint density at radius 1 is 1.50 bits per heavy atom. The molecule has 1 aliphatic rings. The van der Waals surface area contributed by atoms with Crippen molar-refractivity contribution in [3.05, 3.63) is 22.7 Å². The summed E-state index contributed by atoms with van der Waals surface area (Å²) in [6.45, 7) is 0.790. The molecule has 8 heteroatoms. The number of carbonyl (C=O) groups excluding carboxylic acids is 1. The third kappa shape index (κ3) is 3.16. The van der Waals surface area contributed by atoms with E-state index in [0.717, 1.165) is 5.56 Å². The van der Waals surface area contributed by atoms with E-state index in [9.17, 15) is 9.59 Å². The van der Waals surface area contributed by atoms with Gasteiger partial charge in [-0.15, -0.1) is 0 Å². The summed E-state index contributed by atoms with van der Waals surface area (Å²) in [6, 6.07) is 1.90. The third-order valence-electron chi connectivity index (χ3n) is 3.69. The normalized spacial score (nSPS) is 17.8. The number of nitrogens with zero attached hydrogens (tertiary/aromatic N) is 3. The van der Waals surface area contributed by atoms with Crippen LogP contribution in [0.1, 0.15) is 18.7 Å². The SMILES string of the molecule is O=C(O)C1CCN(C(=O)CCc2nc(-c3ccsc3)no2)C1. The number of carbonyl (C=O) groups is 2. The zero-order valence-electron chi connectivity index (χ0n) is 11.8. The number of amides is 1. The smallest absolute Gasteiger partial charge is 0.308 e. The lowest BCUT2D eigenvalue weighted by molar-refractivity contribution is -0.141. The number of carboxylic acids is 1. The van der Waals surface area contributed by atoms with Gasteiger partial charge in [-0.2, -0.15) is 16.3 Å². The summed E-state index contributed by atoms with van der Waals surface area (Å²) in [6.07, 6.45) is 1.13. The van der Waals surface area contributed by atoms with Crippen molar-refractivity contribution in [3.63, 3.8) is 0 Å². The van der Waals surface area contributed by atoms with Crippen LogP contribution in [0.4, 0.5) is 0 Å². The highest BCUT2D eigenvalue weighted by Crippen LogP contribution is 2.20. The summed E-state index contributed by atoms with van der Waals surface area (Å²) in [5.41, 5.74) is 0.898. The molecule has 0 spiro atoms. The van der Waals surface area contributed by atoms with Crippen LogP contribution in [0.3, 0.4) is 0 Å². The molecule has 0 aliphatic carbocycles. The van der Waals surface area contributed by atoms with Crippen molar-refractivity contribution < 1.29 is 19.2 Å². The fraction of sp³-hybridized carbons (Fsp3) is 0.429. The van der Waals surface area contributed by atoms with E-state index in [1.54, 1.807) is 16.2 Å². The molecule has 0 bridgehead atoms. The van der Waals surface area contributed by atoms with E-state index in [1.165, 1.54) is 0 Å². The Morgan fingerprint density at radius 2 is 2.36 bits per heavy atom. The Morgan fingerprint density at radius 3 is 3.05 bits per heavy atom. The van der Waals surface area contributed by atoms with Gasteiger partial charge in [-0.25, -0.2) is 0 Å². The number of hydrogen-bond donors (Lipinski definition) is 1. The summed E-state index contributed by atoms with van der Waals surface area (Å²) in [5.74, 6) is -0.413. The number of thiophene rings is 1. The minimum absolute atomic E-state index is 0.0703. The van der Waals surface area contributed by atoms with Gasteiger partial charge < -0.3 is 14.5 Å². The van der Waals surface area contributed by atoms with Gasteiger partial charge in [0.05, 0.1) is 5.92 Å². The van der Waals surface area contributed by atoms with Gasteiger partial charge in [0.1, 0.15) is 0 Å². The molecule has 3 heterocycles. The lowest BCUT2D eigenvalue weighted by atomic mass is 10.1. The Bertz CT molecular complexity index is 667. The first-order chi connectivity index (χ1) is 10.6. The van der Waals surface area contributed by atoms with E-state index >= 15 is 0 Å². The van der Waals surface area contributed by atoms with Crippen LogP contribution in [0, 0.1) is 5.92 Å². The zero-order valence-corrected chi connectivity index (χ0v) is 12.6. The highest BCUT2D eigenvalue weighted by Gasteiger charge is 2.30. The Hall–Kier alpha value is -2.22. The largest absolute Gasteiger partial charge is 0.481 e. The highest BCUT2D eigenvalue weighted by atomic mass is 32.1. The first-order valence-electron chi connectivity index (χ1n) is 6.99. The van der Waals surface area contributed by atoms with Crippen molar-refractivity contribution in [2.75, 3.05) is 13.1 Å². The summed E-state index contributed by atoms with van der Waals surface area (Å²) in [4.78, 5) is 28.8. The molecule has 22 heavy (non-hydrogen) atoms. The van der Waals surface area contributed by atoms with E-state index in [0.29, 0.717) is 31.1 Å². The molecule has 0 aromatic carbocycles. The second-order valence-electron chi connectivity index (χ2n) is 5.19. The number of hydrogen-bond acceptors (Lipinski definition) is 6. The molecule has 0 saturated carbocycles. The fourth-order valence-corrected chi connectivity index (χ4v) is 3.06. The van der Waals surface area contributed by atoms with E-state index in [-0.39, 0.29) is 18.9 Å². The second kappa shape index (κ2) is 6.27. The molecule has 1 atom stereocenters. The average molecular weight is 321 g/mol. The minimum Gasteiger partial charge on any atom is -0.481 e. The maximum absolute atomic E-state index is 12.1. The molecule has 116 valence electrons. The maximum Gasteiger partial charge on any atom is 0.308 e. The lowest BCUT2D eigenvalue weighted by Crippen LogP contribution is -2.30. The number of aromatic nitrogens is 2. The monoisotopic (exact) mass is 321 g/mol. The number of likely N-dealkylation sites (tertiary alicyclic amines) is 1. The molecule has 2 aromatic heterocycles. The summed E-state index contributed by atoms with van der Waals surface area (Å²) in [7, 11) is 0. The highest BCUT2D eigenvalue weighted by molar-refractivity contribution is 7.08. The Kier molecular flexibility index (Phi) is 4.19. The Balaban J connectivity index is 1.52. The van der Waals surface area contributed by atoms with Crippen molar-refractivity contribution >= 4 is 23.2 Å². The van der Waals surface area contributed by atoms with Gasteiger partial charge in [-0.3, -0.25) is 9.59 Å². The number of carboxylic acid groups (broad SMARTS) is 1. The first-order valence-corrected chi connectivity index (χ1v) is 7.93. The molecule has 1 amide bonds. The molecular weight excluding hydrogens is 306 g/mol. The second-order valence-corrected chi connectivity index (χ2v) is 5.97. The van der Waals surface area contributed by atoms with Crippen LogP contribution in [0.2, 0.25) is 0 Å². The van der Waals surface area contributed by atoms with E-state index in [1.807, 2.05) is 16.8 Å². The van der Waals surface area contributed by atoms with Gasteiger partial charge in [0.2, 0.25) is 17.6 Å². The van der Waals surface area contributed by atoms with Gasteiger partial charge in [0, 0.05) is 36.9 Å². The van der Waals surface area contributed by atoms with Crippen LogP contribution in [-0.4, -0.2) is 45.1 Å². The fourth-order valence-electron chi connectivity index (χ4n) is 2.43. The molecule has 0 radical (unpaired) electrons.